The highest BCUT2D eigenvalue weighted by Crippen LogP contribution is 2.26. The topological polar surface area (TPSA) is 26.3 Å². The van der Waals surface area contributed by atoms with Crippen molar-refractivity contribution in [1.29, 1.82) is 0 Å². The lowest BCUT2D eigenvalue weighted by molar-refractivity contribution is 0.101. The number of hydrogen-bond acceptors (Lipinski definition) is 2. The fourth-order valence-electron chi connectivity index (χ4n) is 1.51. The summed E-state index contributed by atoms with van der Waals surface area (Å²) in [5.74, 6) is 1.58. The first-order valence-corrected chi connectivity index (χ1v) is 6.73. The minimum Gasteiger partial charge on any atom is -0.492 e. The summed E-state index contributed by atoms with van der Waals surface area (Å²) in [5.41, 5.74) is 0.700. The minimum absolute atomic E-state index is 0.0667. The van der Waals surface area contributed by atoms with E-state index in [4.69, 9.17) is 4.74 Å². The molecule has 0 unspecified atom stereocenters. The van der Waals surface area contributed by atoms with Gasteiger partial charge in [0, 0.05) is 5.56 Å². The van der Waals surface area contributed by atoms with Gasteiger partial charge in [-0.1, -0.05) is 13.8 Å². The molecule has 0 aliphatic heterocycles. The van der Waals surface area contributed by atoms with E-state index in [0.717, 1.165) is 23.2 Å². The van der Waals surface area contributed by atoms with Gasteiger partial charge in [0.15, 0.2) is 5.78 Å². The summed E-state index contributed by atoms with van der Waals surface area (Å²) in [6.07, 6.45) is 2.22. The van der Waals surface area contributed by atoms with Crippen LogP contribution in [-0.2, 0) is 0 Å². The van der Waals surface area contributed by atoms with Crippen molar-refractivity contribution in [3.63, 3.8) is 0 Å². The van der Waals surface area contributed by atoms with Gasteiger partial charge in [0.25, 0.3) is 0 Å². The molecule has 0 saturated carbocycles. The first kappa shape index (κ1) is 14.2. The van der Waals surface area contributed by atoms with Gasteiger partial charge >= 0.3 is 0 Å². The van der Waals surface area contributed by atoms with Gasteiger partial charge in [0.1, 0.15) is 5.75 Å². The number of benzene rings is 1. The Morgan fingerprint density at radius 1 is 1.41 bits per heavy atom. The molecule has 3 heteroatoms. The highest BCUT2D eigenvalue weighted by Gasteiger charge is 2.05. The van der Waals surface area contributed by atoms with Gasteiger partial charge in [-0.15, -0.1) is 0 Å². The van der Waals surface area contributed by atoms with Crippen LogP contribution in [0.5, 0.6) is 5.75 Å². The van der Waals surface area contributed by atoms with Crippen LogP contribution < -0.4 is 4.74 Å². The van der Waals surface area contributed by atoms with Crippen molar-refractivity contribution in [2.75, 3.05) is 6.61 Å². The van der Waals surface area contributed by atoms with Crippen LogP contribution in [0.2, 0.25) is 0 Å². The predicted octanol–water partition coefficient (Wildman–Crippen LogP) is 4.47. The summed E-state index contributed by atoms with van der Waals surface area (Å²) >= 11 is 3.42. The van der Waals surface area contributed by atoms with Crippen LogP contribution in [-0.4, -0.2) is 12.4 Å². The first-order valence-electron chi connectivity index (χ1n) is 5.94. The molecule has 2 nitrogen and oxygen atoms in total. The summed E-state index contributed by atoms with van der Waals surface area (Å²) in [6, 6.07) is 5.45. The maximum Gasteiger partial charge on any atom is 0.159 e. The largest absolute Gasteiger partial charge is 0.492 e. The van der Waals surface area contributed by atoms with Crippen molar-refractivity contribution in [3.05, 3.63) is 28.2 Å². The lowest BCUT2D eigenvalue weighted by Gasteiger charge is -2.09. The number of ether oxygens (including phenoxy) is 1. The molecule has 0 spiro atoms. The number of carbonyl (C=O) groups excluding carboxylic acids is 1. The SMILES string of the molecule is CC(=O)c1ccc(OCCCC(C)C)c(Br)c1. The van der Waals surface area contributed by atoms with E-state index in [1.807, 2.05) is 6.07 Å². The second-order valence-corrected chi connectivity index (χ2v) is 5.44. The van der Waals surface area contributed by atoms with Gasteiger partial charge in [0.05, 0.1) is 11.1 Å². The van der Waals surface area contributed by atoms with E-state index in [1.165, 1.54) is 6.42 Å². The minimum atomic E-state index is 0.0667. The monoisotopic (exact) mass is 298 g/mol. The van der Waals surface area contributed by atoms with Gasteiger partial charge < -0.3 is 4.74 Å². The first-order chi connectivity index (χ1) is 8.00. The highest BCUT2D eigenvalue weighted by molar-refractivity contribution is 9.10. The lowest BCUT2D eigenvalue weighted by atomic mass is 10.1. The second kappa shape index (κ2) is 6.80. The molecule has 0 N–H and O–H groups in total. The van der Waals surface area contributed by atoms with E-state index in [-0.39, 0.29) is 5.78 Å². The molecule has 0 aromatic heterocycles. The lowest BCUT2D eigenvalue weighted by Crippen LogP contribution is -2.01. The zero-order chi connectivity index (χ0) is 12.8. The normalized spacial score (nSPS) is 10.6. The Morgan fingerprint density at radius 2 is 2.12 bits per heavy atom. The molecular formula is C14H19BrO2. The molecule has 94 valence electrons. The number of halogens is 1. The smallest absolute Gasteiger partial charge is 0.159 e. The van der Waals surface area contributed by atoms with E-state index >= 15 is 0 Å². The van der Waals surface area contributed by atoms with E-state index in [9.17, 15) is 4.79 Å². The van der Waals surface area contributed by atoms with Crippen LogP contribution in [0.3, 0.4) is 0 Å². The molecular weight excluding hydrogens is 280 g/mol. The molecule has 17 heavy (non-hydrogen) atoms. The number of carbonyl (C=O) groups is 1. The molecule has 0 aliphatic carbocycles. The second-order valence-electron chi connectivity index (χ2n) is 4.59. The number of ketones is 1. The van der Waals surface area contributed by atoms with Crippen LogP contribution in [0.4, 0.5) is 0 Å². The fraction of sp³-hybridized carbons (Fsp3) is 0.500. The Kier molecular flexibility index (Phi) is 5.69. The third-order valence-electron chi connectivity index (χ3n) is 2.52. The average molecular weight is 299 g/mol. The molecule has 0 saturated heterocycles. The number of Topliss-reactive ketones (excluding diaryl/α,β-unsaturated/α-hetero) is 1. The Bertz CT molecular complexity index is 386. The van der Waals surface area contributed by atoms with Crippen molar-refractivity contribution < 1.29 is 9.53 Å². The Morgan fingerprint density at radius 3 is 2.65 bits per heavy atom. The summed E-state index contributed by atoms with van der Waals surface area (Å²) < 4.78 is 6.51. The van der Waals surface area contributed by atoms with Gasteiger partial charge in [-0.05, 0) is 59.8 Å². The molecule has 1 aromatic rings. The van der Waals surface area contributed by atoms with Crippen molar-refractivity contribution in [3.8, 4) is 5.75 Å². The zero-order valence-electron chi connectivity index (χ0n) is 10.6. The van der Waals surface area contributed by atoms with Crippen LogP contribution in [0, 0.1) is 5.92 Å². The maximum absolute atomic E-state index is 11.2. The fourth-order valence-corrected chi connectivity index (χ4v) is 2.00. The Balaban J connectivity index is 2.52. The van der Waals surface area contributed by atoms with E-state index in [2.05, 4.69) is 29.8 Å². The summed E-state index contributed by atoms with van der Waals surface area (Å²) in [7, 11) is 0. The summed E-state index contributed by atoms with van der Waals surface area (Å²) in [4.78, 5) is 11.2. The maximum atomic E-state index is 11.2. The molecule has 0 heterocycles. The van der Waals surface area contributed by atoms with Gasteiger partial charge in [-0.3, -0.25) is 4.79 Å². The van der Waals surface area contributed by atoms with E-state index < -0.39 is 0 Å². The molecule has 0 aliphatic rings. The predicted molar refractivity (Wildman–Crippen MR) is 73.7 cm³/mol. The third kappa shape index (κ3) is 4.90. The Labute approximate surface area is 111 Å². The molecule has 1 rings (SSSR count). The van der Waals surface area contributed by atoms with Crippen LogP contribution in [0.25, 0.3) is 0 Å². The third-order valence-corrected chi connectivity index (χ3v) is 3.14. The van der Waals surface area contributed by atoms with Crippen molar-refractivity contribution in [1.82, 2.24) is 0 Å². The van der Waals surface area contributed by atoms with Crippen molar-refractivity contribution >= 4 is 21.7 Å². The van der Waals surface area contributed by atoms with Crippen molar-refractivity contribution in [2.45, 2.75) is 33.6 Å². The van der Waals surface area contributed by atoms with Crippen molar-refractivity contribution in [2.24, 2.45) is 5.92 Å². The van der Waals surface area contributed by atoms with Crippen LogP contribution in [0.15, 0.2) is 22.7 Å². The van der Waals surface area contributed by atoms with E-state index in [1.54, 1.807) is 19.1 Å². The number of hydrogen-bond donors (Lipinski definition) is 0. The molecule has 0 radical (unpaired) electrons. The summed E-state index contributed by atoms with van der Waals surface area (Å²) in [6.45, 7) is 6.69. The Hall–Kier alpha value is -0.830. The molecule has 0 fully saturated rings. The summed E-state index contributed by atoms with van der Waals surface area (Å²) in [5, 5.41) is 0. The standard InChI is InChI=1S/C14H19BrO2/c1-10(2)5-4-8-17-14-7-6-12(11(3)16)9-13(14)15/h6-7,9-10H,4-5,8H2,1-3H3. The van der Waals surface area contributed by atoms with Gasteiger partial charge in [-0.2, -0.15) is 0 Å². The molecule has 0 bridgehead atoms. The average Bonchev–Trinajstić information content (AvgIpc) is 2.25. The number of rotatable bonds is 6. The van der Waals surface area contributed by atoms with Gasteiger partial charge in [0.2, 0.25) is 0 Å². The molecule has 1 aromatic carbocycles. The van der Waals surface area contributed by atoms with E-state index in [0.29, 0.717) is 11.5 Å². The molecule has 0 amide bonds. The van der Waals surface area contributed by atoms with Gasteiger partial charge in [-0.25, -0.2) is 0 Å². The molecule has 0 atom stereocenters. The quantitative estimate of drug-likeness (QED) is 0.572. The van der Waals surface area contributed by atoms with Crippen LogP contribution in [0.1, 0.15) is 44.0 Å². The van der Waals surface area contributed by atoms with Crippen LogP contribution >= 0.6 is 15.9 Å². The highest BCUT2D eigenvalue weighted by atomic mass is 79.9. The zero-order valence-corrected chi connectivity index (χ0v) is 12.2.